The fraction of sp³-hybridized carbons (Fsp3) is 0.400. The first-order valence-electron chi connectivity index (χ1n) is 9.36. The lowest BCUT2D eigenvalue weighted by molar-refractivity contribution is -0.0979. The van der Waals surface area contributed by atoms with Crippen molar-refractivity contribution < 1.29 is 18.7 Å². The van der Waals surface area contributed by atoms with Crippen molar-refractivity contribution in [3.63, 3.8) is 0 Å². The van der Waals surface area contributed by atoms with Gasteiger partial charge in [0.15, 0.2) is 0 Å². The van der Waals surface area contributed by atoms with Gasteiger partial charge in [0, 0.05) is 30.6 Å². The van der Waals surface area contributed by atoms with Gasteiger partial charge < -0.3 is 25.3 Å². The van der Waals surface area contributed by atoms with Gasteiger partial charge in [0.05, 0.1) is 31.0 Å². The highest BCUT2D eigenvalue weighted by Gasteiger charge is 2.35. The van der Waals surface area contributed by atoms with E-state index in [0.717, 1.165) is 0 Å². The zero-order valence-corrected chi connectivity index (χ0v) is 16.8. The number of rotatable bonds is 4. The van der Waals surface area contributed by atoms with Crippen LogP contribution in [-0.2, 0) is 17.8 Å². The van der Waals surface area contributed by atoms with Crippen LogP contribution in [0, 0.1) is 11.2 Å². The molecule has 2 aliphatic rings. The first kappa shape index (κ1) is 19.7. The Morgan fingerprint density at radius 2 is 2.10 bits per heavy atom. The molecule has 3 amide bonds. The summed E-state index contributed by atoms with van der Waals surface area (Å²) in [5.41, 5.74) is 7.26. The van der Waals surface area contributed by atoms with Crippen molar-refractivity contribution in [2.45, 2.75) is 20.0 Å². The molecule has 2 aliphatic heterocycles. The standard InChI is InChI=1S/C20H22ClFN4O3/c1-20(10-29-11-20)9-24-19(28)25-5-6-26-14(8-25)16(18(23)27)15(17(26)21)12-3-2-4-13(22)7-12/h2-4,7H,5-6,8-11H2,1H3,(H2,23,27)(H,24,28). The fourth-order valence-corrected chi connectivity index (χ4v) is 4.20. The summed E-state index contributed by atoms with van der Waals surface area (Å²) in [5, 5.41) is 3.25. The Morgan fingerprint density at radius 1 is 1.34 bits per heavy atom. The van der Waals surface area contributed by atoms with E-state index in [0.29, 0.717) is 54.8 Å². The number of aromatic nitrogens is 1. The number of ether oxygens (including phenoxy) is 1. The van der Waals surface area contributed by atoms with E-state index in [2.05, 4.69) is 5.32 Å². The van der Waals surface area contributed by atoms with Gasteiger partial charge in [-0.15, -0.1) is 0 Å². The summed E-state index contributed by atoms with van der Waals surface area (Å²) < 4.78 is 20.7. The summed E-state index contributed by atoms with van der Waals surface area (Å²) in [5.74, 6) is -1.10. The molecule has 154 valence electrons. The molecule has 0 saturated carbocycles. The van der Waals surface area contributed by atoms with Gasteiger partial charge in [0.25, 0.3) is 5.91 Å². The quantitative estimate of drug-likeness (QED) is 0.796. The maximum Gasteiger partial charge on any atom is 0.317 e. The van der Waals surface area contributed by atoms with Crippen LogP contribution in [0.25, 0.3) is 11.1 Å². The highest BCUT2D eigenvalue weighted by atomic mass is 35.5. The number of nitrogens with two attached hydrogens (primary N) is 1. The van der Waals surface area contributed by atoms with E-state index >= 15 is 0 Å². The minimum Gasteiger partial charge on any atom is -0.380 e. The number of nitrogens with one attached hydrogen (secondary N) is 1. The van der Waals surface area contributed by atoms with Crippen molar-refractivity contribution >= 4 is 23.5 Å². The number of hydrogen-bond donors (Lipinski definition) is 2. The second-order valence-corrected chi connectivity index (χ2v) is 8.26. The van der Waals surface area contributed by atoms with E-state index < -0.39 is 11.7 Å². The van der Waals surface area contributed by atoms with Crippen LogP contribution in [0.3, 0.4) is 0 Å². The maximum atomic E-state index is 13.7. The average Bonchev–Trinajstić information content (AvgIpc) is 2.97. The lowest BCUT2D eigenvalue weighted by Crippen LogP contribution is -2.52. The molecule has 29 heavy (non-hydrogen) atoms. The summed E-state index contributed by atoms with van der Waals surface area (Å²) in [6.45, 7) is 4.84. The third-order valence-corrected chi connectivity index (χ3v) is 5.85. The van der Waals surface area contributed by atoms with Gasteiger partial charge in [-0.3, -0.25) is 4.79 Å². The molecule has 4 rings (SSSR count). The van der Waals surface area contributed by atoms with Crippen LogP contribution in [0.5, 0.6) is 0 Å². The molecule has 0 spiro atoms. The molecule has 0 unspecified atom stereocenters. The number of benzene rings is 1. The molecule has 7 nitrogen and oxygen atoms in total. The molecule has 9 heteroatoms. The molecular formula is C20H22ClFN4O3. The van der Waals surface area contributed by atoms with E-state index in [1.165, 1.54) is 12.1 Å². The summed E-state index contributed by atoms with van der Waals surface area (Å²) in [4.78, 5) is 26.5. The SMILES string of the molecule is CC1(CNC(=O)N2CCn3c(Cl)c(-c4cccc(F)c4)c(C(N)=O)c3C2)COC1. The van der Waals surface area contributed by atoms with Crippen LogP contribution in [0.15, 0.2) is 24.3 Å². The number of hydrogen-bond acceptors (Lipinski definition) is 3. The van der Waals surface area contributed by atoms with Gasteiger partial charge >= 0.3 is 6.03 Å². The highest BCUT2D eigenvalue weighted by molar-refractivity contribution is 6.33. The molecular weight excluding hydrogens is 399 g/mol. The van der Waals surface area contributed by atoms with Crippen molar-refractivity contribution in [1.29, 1.82) is 0 Å². The Labute approximate surface area is 172 Å². The summed E-state index contributed by atoms with van der Waals surface area (Å²) in [6, 6.07) is 5.63. The third kappa shape index (κ3) is 3.58. The molecule has 2 aromatic rings. The Hall–Kier alpha value is -2.58. The van der Waals surface area contributed by atoms with Crippen molar-refractivity contribution in [3.05, 3.63) is 46.5 Å². The third-order valence-electron chi connectivity index (χ3n) is 5.46. The largest absolute Gasteiger partial charge is 0.380 e. The monoisotopic (exact) mass is 420 g/mol. The number of urea groups is 1. The van der Waals surface area contributed by atoms with Crippen molar-refractivity contribution in [2.24, 2.45) is 11.1 Å². The number of fused-ring (bicyclic) bond motifs is 1. The van der Waals surface area contributed by atoms with E-state index in [1.807, 2.05) is 6.92 Å². The summed E-state index contributed by atoms with van der Waals surface area (Å²) >= 11 is 6.55. The van der Waals surface area contributed by atoms with Gasteiger partial charge in [-0.05, 0) is 17.7 Å². The molecule has 0 atom stereocenters. The smallest absolute Gasteiger partial charge is 0.317 e. The van der Waals surface area contributed by atoms with Crippen molar-refractivity contribution in [2.75, 3.05) is 26.3 Å². The van der Waals surface area contributed by atoms with Crippen LogP contribution < -0.4 is 11.1 Å². The van der Waals surface area contributed by atoms with Crippen LogP contribution >= 0.6 is 11.6 Å². The van der Waals surface area contributed by atoms with E-state index in [9.17, 15) is 14.0 Å². The number of amides is 3. The van der Waals surface area contributed by atoms with Crippen LogP contribution in [-0.4, -0.2) is 47.7 Å². The molecule has 3 N–H and O–H groups in total. The van der Waals surface area contributed by atoms with Crippen molar-refractivity contribution in [1.82, 2.24) is 14.8 Å². The Balaban J connectivity index is 1.63. The minimum absolute atomic E-state index is 0.0437. The van der Waals surface area contributed by atoms with Gasteiger partial charge in [0.1, 0.15) is 11.0 Å². The zero-order chi connectivity index (χ0) is 20.8. The lowest BCUT2D eigenvalue weighted by atomic mass is 9.89. The van der Waals surface area contributed by atoms with Crippen LogP contribution in [0.1, 0.15) is 23.0 Å². The van der Waals surface area contributed by atoms with Gasteiger partial charge in [-0.2, -0.15) is 0 Å². The first-order valence-corrected chi connectivity index (χ1v) is 9.74. The molecule has 0 radical (unpaired) electrons. The van der Waals surface area contributed by atoms with Crippen LogP contribution in [0.4, 0.5) is 9.18 Å². The van der Waals surface area contributed by atoms with Gasteiger partial charge in [-0.1, -0.05) is 30.7 Å². The number of nitrogens with zero attached hydrogens (tertiary/aromatic N) is 2. The van der Waals surface area contributed by atoms with E-state index in [4.69, 9.17) is 22.1 Å². The number of halogens is 2. The average molecular weight is 421 g/mol. The Bertz CT molecular complexity index is 986. The lowest BCUT2D eigenvalue weighted by Gasteiger charge is -2.39. The van der Waals surface area contributed by atoms with Gasteiger partial charge in [-0.25, -0.2) is 9.18 Å². The molecule has 3 heterocycles. The molecule has 1 fully saturated rings. The highest BCUT2D eigenvalue weighted by Crippen LogP contribution is 2.38. The normalized spacial score (nSPS) is 17.4. The van der Waals surface area contributed by atoms with E-state index in [1.54, 1.807) is 21.6 Å². The predicted molar refractivity (Wildman–Crippen MR) is 106 cm³/mol. The predicted octanol–water partition coefficient (Wildman–Crippen LogP) is 2.61. The number of carbonyl (C=O) groups excluding carboxylic acids is 2. The second kappa shape index (κ2) is 7.35. The maximum absolute atomic E-state index is 13.7. The topological polar surface area (TPSA) is 89.6 Å². The first-order chi connectivity index (χ1) is 13.8. The zero-order valence-electron chi connectivity index (χ0n) is 16.0. The van der Waals surface area contributed by atoms with E-state index in [-0.39, 0.29) is 23.6 Å². The van der Waals surface area contributed by atoms with Crippen molar-refractivity contribution in [3.8, 4) is 11.1 Å². The van der Waals surface area contributed by atoms with Crippen LogP contribution in [0.2, 0.25) is 5.15 Å². The summed E-state index contributed by atoms with van der Waals surface area (Å²) in [7, 11) is 0. The molecule has 1 aromatic heterocycles. The summed E-state index contributed by atoms with van der Waals surface area (Å²) in [6.07, 6.45) is 0. The molecule has 0 bridgehead atoms. The molecule has 1 aromatic carbocycles. The second-order valence-electron chi connectivity index (χ2n) is 7.90. The molecule has 1 saturated heterocycles. The Morgan fingerprint density at radius 3 is 2.72 bits per heavy atom. The Kier molecular flexibility index (Phi) is 5.00. The number of carbonyl (C=O) groups is 2. The minimum atomic E-state index is -0.665. The van der Waals surface area contributed by atoms with Gasteiger partial charge in [0.2, 0.25) is 0 Å². The number of primary amides is 1. The fourth-order valence-electron chi connectivity index (χ4n) is 3.81. The molecule has 0 aliphatic carbocycles.